The number of phenols is 1. The molecule has 0 spiro atoms. The third kappa shape index (κ3) is 10.5. The molecule has 1 unspecified atom stereocenters. The van der Waals surface area contributed by atoms with Crippen LogP contribution >= 0.6 is 0 Å². The summed E-state index contributed by atoms with van der Waals surface area (Å²) in [4.78, 5) is 39.6. The van der Waals surface area contributed by atoms with Gasteiger partial charge < -0.3 is 34.1 Å². The van der Waals surface area contributed by atoms with Gasteiger partial charge in [0.2, 0.25) is 6.79 Å². The first kappa shape index (κ1) is 31.3. The molecule has 12 heteroatoms. The zero-order valence-electron chi connectivity index (χ0n) is 22.5. The van der Waals surface area contributed by atoms with E-state index in [0.29, 0.717) is 17.1 Å². The Morgan fingerprint density at radius 2 is 1.73 bits per heavy atom. The second-order valence-electron chi connectivity index (χ2n) is 8.07. The molecule has 2 aromatic carbocycles. The zero-order valence-corrected chi connectivity index (χ0v) is 22.5. The number of para-hydroxylation sites is 1. The number of amides is 1. The van der Waals surface area contributed by atoms with Gasteiger partial charge >= 0.3 is 11.9 Å². The number of nitrogens with zero attached hydrogens (tertiary/aromatic N) is 1. The second-order valence-corrected chi connectivity index (χ2v) is 8.07. The summed E-state index contributed by atoms with van der Waals surface area (Å²) in [6.07, 6.45) is 1.05. The number of esters is 2. The molecule has 2 N–H and O–H groups in total. The van der Waals surface area contributed by atoms with E-state index in [0.717, 1.165) is 0 Å². The van der Waals surface area contributed by atoms with Crippen LogP contribution in [0.15, 0.2) is 60.8 Å². The van der Waals surface area contributed by atoms with Crippen LogP contribution in [0.2, 0.25) is 0 Å². The average Bonchev–Trinajstić information content (AvgIpc) is 2.93. The first-order valence-corrected chi connectivity index (χ1v) is 12.0. The van der Waals surface area contributed by atoms with Crippen molar-refractivity contribution in [3.05, 3.63) is 77.9 Å². The van der Waals surface area contributed by atoms with Crippen LogP contribution in [-0.2, 0) is 25.5 Å². The Bertz CT molecular complexity index is 1270. The highest BCUT2D eigenvalue weighted by atomic mass is 19.1. The number of benzene rings is 2. The Morgan fingerprint density at radius 1 is 1.02 bits per heavy atom. The molecule has 0 saturated heterocycles. The van der Waals surface area contributed by atoms with E-state index in [1.54, 1.807) is 37.3 Å². The van der Waals surface area contributed by atoms with Crippen molar-refractivity contribution < 1.29 is 47.6 Å². The first-order valence-electron chi connectivity index (χ1n) is 12.0. The summed E-state index contributed by atoms with van der Waals surface area (Å²) in [7, 11) is 2.78. The van der Waals surface area contributed by atoms with Crippen LogP contribution in [0.5, 0.6) is 23.0 Å². The highest BCUT2D eigenvalue weighted by molar-refractivity contribution is 5.97. The average molecular weight is 559 g/mol. The number of nitrogens with one attached hydrogen (secondary N) is 1. The highest BCUT2D eigenvalue weighted by Crippen LogP contribution is 2.29. The predicted molar refractivity (Wildman–Crippen MR) is 141 cm³/mol. The molecule has 3 rings (SSSR count). The van der Waals surface area contributed by atoms with Crippen LogP contribution in [0, 0.1) is 5.82 Å². The van der Waals surface area contributed by atoms with Crippen molar-refractivity contribution in [3.8, 4) is 23.0 Å². The lowest BCUT2D eigenvalue weighted by Gasteiger charge is -2.16. The van der Waals surface area contributed by atoms with Gasteiger partial charge in [0, 0.05) is 31.7 Å². The Hall–Kier alpha value is -4.87. The van der Waals surface area contributed by atoms with E-state index < -0.39 is 43.1 Å². The molecule has 0 radical (unpaired) electrons. The van der Waals surface area contributed by atoms with Crippen LogP contribution in [0.1, 0.15) is 29.9 Å². The van der Waals surface area contributed by atoms with Crippen LogP contribution in [0.3, 0.4) is 0 Å². The van der Waals surface area contributed by atoms with Gasteiger partial charge in [-0.2, -0.15) is 0 Å². The number of hydrogen-bond acceptors (Lipinski definition) is 10. The zero-order chi connectivity index (χ0) is 29.5. The van der Waals surface area contributed by atoms with E-state index in [2.05, 4.69) is 10.3 Å². The molecular formula is C28H31FN2O9. The first-order chi connectivity index (χ1) is 19.1. The number of pyridine rings is 1. The van der Waals surface area contributed by atoms with Gasteiger partial charge in [-0.1, -0.05) is 24.3 Å². The fraction of sp³-hybridized carbons (Fsp3) is 0.286. The Morgan fingerprint density at radius 3 is 2.33 bits per heavy atom. The van der Waals surface area contributed by atoms with Crippen molar-refractivity contribution in [2.24, 2.45) is 0 Å². The molecule has 3 aromatic rings. The molecule has 1 atom stereocenters. The summed E-state index contributed by atoms with van der Waals surface area (Å²) in [6.45, 7) is 1.97. The molecule has 0 aliphatic heterocycles. The van der Waals surface area contributed by atoms with Gasteiger partial charge in [-0.3, -0.25) is 14.4 Å². The normalized spacial score (nSPS) is 10.7. The van der Waals surface area contributed by atoms with Gasteiger partial charge in [0.1, 0.15) is 30.0 Å². The lowest BCUT2D eigenvalue weighted by molar-refractivity contribution is -0.148. The number of methoxy groups -OCH3 is 2. The number of halogens is 1. The van der Waals surface area contributed by atoms with Gasteiger partial charge in [-0.25, -0.2) is 9.37 Å². The van der Waals surface area contributed by atoms with Gasteiger partial charge in [0.05, 0.1) is 14.2 Å². The molecule has 11 nitrogen and oxygen atoms in total. The predicted octanol–water partition coefficient (Wildman–Crippen LogP) is 3.43. The van der Waals surface area contributed by atoms with Crippen molar-refractivity contribution >= 4 is 17.8 Å². The summed E-state index contributed by atoms with van der Waals surface area (Å²) in [5.74, 6) is -1.63. The number of rotatable bonds is 11. The molecule has 40 heavy (non-hydrogen) atoms. The monoisotopic (exact) mass is 558 g/mol. The Balaban J connectivity index is 0.000000693. The minimum absolute atomic E-state index is 0.0520. The number of aromatic nitrogens is 1. The topological polar surface area (TPSA) is 143 Å². The smallest absolute Gasteiger partial charge is 0.325 e. The number of hydrogen-bond donors (Lipinski definition) is 2. The minimum atomic E-state index is -0.725. The van der Waals surface area contributed by atoms with Crippen LogP contribution < -0.4 is 19.5 Å². The fourth-order valence-electron chi connectivity index (χ4n) is 3.23. The standard InChI is InChI=1S/C22H25FN2O8.C6H6O/c1-13(9-15-5-6-16(23)10-18(15)30-4)33-19(27)11-25-22(28)20-21(32-12-31-14(2)26)17(29-3)7-8-24-20;7-6-4-2-1-3-5-6/h5-8,10,13H,9,11-12H2,1-4H3,(H,25,28);1-5,7H. The molecule has 0 aliphatic rings. The Kier molecular flexibility index (Phi) is 12.7. The SMILES string of the molecule is COc1cc(F)ccc1CC(C)OC(=O)CNC(=O)c1nccc(OC)c1OCOC(C)=O.Oc1ccccc1. The maximum absolute atomic E-state index is 13.3. The van der Waals surface area contributed by atoms with Gasteiger partial charge in [-0.05, 0) is 30.7 Å². The van der Waals surface area contributed by atoms with E-state index >= 15 is 0 Å². The van der Waals surface area contributed by atoms with E-state index in [1.807, 2.05) is 6.07 Å². The van der Waals surface area contributed by atoms with Crippen molar-refractivity contribution in [1.29, 1.82) is 0 Å². The summed E-state index contributed by atoms with van der Waals surface area (Å²) >= 11 is 0. The van der Waals surface area contributed by atoms with Crippen molar-refractivity contribution in [2.75, 3.05) is 27.6 Å². The van der Waals surface area contributed by atoms with E-state index in [4.69, 9.17) is 28.8 Å². The molecule has 0 bridgehead atoms. The van der Waals surface area contributed by atoms with Crippen LogP contribution in [0.25, 0.3) is 0 Å². The van der Waals surface area contributed by atoms with Crippen molar-refractivity contribution in [2.45, 2.75) is 26.4 Å². The van der Waals surface area contributed by atoms with E-state index in [9.17, 15) is 18.8 Å². The number of carbonyl (C=O) groups excluding carboxylic acids is 3. The molecule has 1 aromatic heterocycles. The molecule has 0 saturated carbocycles. The number of aromatic hydroxyl groups is 1. The van der Waals surface area contributed by atoms with Crippen LogP contribution in [-0.4, -0.2) is 61.6 Å². The summed E-state index contributed by atoms with van der Waals surface area (Å²) in [5.41, 5.74) is 0.497. The van der Waals surface area contributed by atoms with E-state index in [-0.39, 0.29) is 23.6 Å². The number of phenolic OH excluding ortho intramolecular Hbond substituents is 1. The lowest BCUT2D eigenvalue weighted by atomic mass is 10.1. The fourth-order valence-corrected chi connectivity index (χ4v) is 3.23. The Labute approximate surface area is 230 Å². The van der Waals surface area contributed by atoms with Gasteiger partial charge in [0.25, 0.3) is 5.91 Å². The quantitative estimate of drug-likeness (QED) is 0.265. The maximum atomic E-state index is 13.3. The molecule has 1 heterocycles. The number of carbonyl (C=O) groups is 3. The molecular weight excluding hydrogens is 527 g/mol. The summed E-state index contributed by atoms with van der Waals surface area (Å²) < 4.78 is 38.9. The van der Waals surface area contributed by atoms with E-state index in [1.165, 1.54) is 45.5 Å². The third-order valence-corrected chi connectivity index (χ3v) is 5.01. The minimum Gasteiger partial charge on any atom is -0.508 e. The molecule has 214 valence electrons. The van der Waals surface area contributed by atoms with Crippen LogP contribution in [0.4, 0.5) is 4.39 Å². The van der Waals surface area contributed by atoms with Crippen molar-refractivity contribution in [3.63, 3.8) is 0 Å². The molecule has 0 fully saturated rings. The van der Waals surface area contributed by atoms with Crippen molar-refractivity contribution in [1.82, 2.24) is 10.3 Å². The number of ether oxygens (including phenoxy) is 5. The third-order valence-electron chi connectivity index (χ3n) is 5.01. The van der Waals surface area contributed by atoms with Gasteiger partial charge in [0.15, 0.2) is 17.2 Å². The second kappa shape index (κ2) is 16.2. The summed E-state index contributed by atoms with van der Waals surface area (Å²) in [5, 5.41) is 11.0. The maximum Gasteiger partial charge on any atom is 0.325 e. The highest BCUT2D eigenvalue weighted by Gasteiger charge is 2.21. The van der Waals surface area contributed by atoms with Gasteiger partial charge in [-0.15, -0.1) is 0 Å². The lowest BCUT2D eigenvalue weighted by Crippen LogP contribution is -2.33. The molecule has 1 amide bonds. The summed E-state index contributed by atoms with van der Waals surface area (Å²) in [6, 6.07) is 14.2. The largest absolute Gasteiger partial charge is 0.508 e. The molecule has 0 aliphatic carbocycles.